The van der Waals surface area contributed by atoms with E-state index in [9.17, 15) is 9.59 Å². The van der Waals surface area contributed by atoms with Gasteiger partial charge in [-0.05, 0) is 5.56 Å². The molecule has 1 N–H and O–H groups in total. The first-order chi connectivity index (χ1) is 9.99. The fourth-order valence-electron chi connectivity index (χ4n) is 2.04. The van der Waals surface area contributed by atoms with Gasteiger partial charge in [0.2, 0.25) is 0 Å². The normalized spacial score (nSPS) is 11.0. The van der Waals surface area contributed by atoms with Gasteiger partial charge in [0, 0.05) is 32.9 Å². The second-order valence-corrected chi connectivity index (χ2v) is 5.12. The molecule has 21 heavy (non-hydrogen) atoms. The highest BCUT2D eigenvalue weighted by Gasteiger charge is 2.09. The van der Waals surface area contributed by atoms with Crippen LogP contribution in [0.4, 0.5) is 0 Å². The predicted molar refractivity (Wildman–Crippen MR) is 82.0 cm³/mol. The Kier molecular flexibility index (Phi) is 4.72. The molecule has 0 saturated carbocycles. The minimum atomic E-state index is -0.304. The third kappa shape index (κ3) is 3.68. The average molecular weight is 288 g/mol. The van der Waals surface area contributed by atoms with Crippen LogP contribution in [0.5, 0.6) is 0 Å². The second-order valence-electron chi connectivity index (χ2n) is 5.12. The van der Waals surface area contributed by atoms with Crippen molar-refractivity contribution in [2.24, 2.45) is 7.05 Å². The van der Waals surface area contributed by atoms with Gasteiger partial charge in [0.1, 0.15) is 0 Å². The number of rotatable bonds is 5. The van der Waals surface area contributed by atoms with Gasteiger partial charge >= 0.3 is 5.69 Å². The maximum Gasteiger partial charge on any atom is 0.331 e. The number of nitrogens with zero attached hydrogens (tertiary/aromatic N) is 3. The van der Waals surface area contributed by atoms with E-state index < -0.39 is 0 Å². The van der Waals surface area contributed by atoms with Gasteiger partial charge in [0.05, 0.1) is 13.1 Å². The largest absolute Gasteiger partial charge is 0.331 e. The molecule has 0 spiro atoms. The Morgan fingerprint density at radius 2 is 1.81 bits per heavy atom. The molecule has 2 rings (SSSR count). The van der Waals surface area contributed by atoms with E-state index in [0.29, 0.717) is 12.2 Å². The quantitative estimate of drug-likeness (QED) is 0.796. The van der Waals surface area contributed by atoms with E-state index in [1.165, 1.54) is 15.2 Å². The van der Waals surface area contributed by atoms with Crippen LogP contribution in [0.3, 0.4) is 0 Å². The number of nitrogens with one attached hydrogen (secondary N) is 1. The van der Waals surface area contributed by atoms with E-state index in [2.05, 4.69) is 5.43 Å². The molecular formula is C15H20N4O2. The molecule has 0 radical (unpaired) electrons. The number of aromatic nitrogens is 2. The molecule has 1 aromatic heterocycles. The van der Waals surface area contributed by atoms with Gasteiger partial charge in [-0.25, -0.2) is 10.2 Å². The Morgan fingerprint density at radius 3 is 2.43 bits per heavy atom. The molecule has 2 aromatic rings. The highest BCUT2D eigenvalue weighted by Crippen LogP contribution is 1.99. The van der Waals surface area contributed by atoms with E-state index in [0.717, 1.165) is 5.56 Å². The summed E-state index contributed by atoms with van der Waals surface area (Å²) in [5.74, 6) is 0. The van der Waals surface area contributed by atoms with Gasteiger partial charge < -0.3 is 0 Å². The van der Waals surface area contributed by atoms with Crippen LogP contribution in [0.15, 0.2) is 46.0 Å². The molecule has 112 valence electrons. The van der Waals surface area contributed by atoms with E-state index in [1.54, 1.807) is 12.1 Å². The third-order valence-electron chi connectivity index (χ3n) is 3.26. The summed E-state index contributed by atoms with van der Waals surface area (Å²) in [5.41, 5.74) is 4.05. The van der Waals surface area contributed by atoms with Crippen LogP contribution in [0, 0.1) is 0 Å². The molecule has 0 unspecified atom stereocenters. The first kappa shape index (κ1) is 15.2. The molecule has 0 aliphatic rings. The lowest BCUT2D eigenvalue weighted by atomic mass is 10.2. The fraction of sp³-hybridized carbons (Fsp3) is 0.333. The van der Waals surface area contributed by atoms with E-state index in [-0.39, 0.29) is 17.8 Å². The van der Waals surface area contributed by atoms with E-state index in [4.69, 9.17) is 0 Å². The van der Waals surface area contributed by atoms with Crippen LogP contribution in [0.25, 0.3) is 0 Å². The van der Waals surface area contributed by atoms with Crippen molar-refractivity contribution in [3.63, 3.8) is 0 Å². The minimum absolute atomic E-state index is 0.280. The van der Waals surface area contributed by atoms with Crippen molar-refractivity contribution >= 4 is 0 Å². The number of hydrazine groups is 1. The average Bonchev–Trinajstić information content (AvgIpc) is 2.47. The van der Waals surface area contributed by atoms with Crippen molar-refractivity contribution in [1.29, 1.82) is 0 Å². The molecule has 0 saturated heterocycles. The molecule has 0 atom stereocenters. The zero-order valence-electron chi connectivity index (χ0n) is 12.5. The van der Waals surface area contributed by atoms with Gasteiger partial charge in [0.15, 0.2) is 0 Å². The molecule has 0 aliphatic carbocycles. The van der Waals surface area contributed by atoms with Crippen molar-refractivity contribution in [2.75, 3.05) is 14.1 Å². The fourth-order valence-corrected chi connectivity index (χ4v) is 2.04. The summed E-state index contributed by atoms with van der Waals surface area (Å²) in [6.45, 7) is 0.716. The van der Waals surface area contributed by atoms with Crippen LogP contribution in [0.1, 0.15) is 11.3 Å². The van der Waals surface area contributed by atoms with Gasteiger partial charge in [0.25, 0.3) is 5.56 Å². The zero-order valence-corrected chi connectivity index (χ0v) is 12.5. The Morgan fingerprint density at radius 1 is 1.14 bits per heavy atom. The number of hydrogen-bond donors (Lipinski definition) is 1. The number of hydrogen-bond acceptors (Lipinski definition) is 4. The Labute approximate surface area is 123 Å². The third-order valence-corrected chi connectivity index (χ3v) is 3.26. The van der Waals surface area contributed by atoms with Crippen molar-refractivity contribution in [3.05, 3.63) is 68.5 Å². The Bertz CT molecular complexity index is 717. The summed E-state index contributed by atoms with van der Waals surface area (Å²) in [6.07, 6.45) is 0. The Balaban J connectivity index is 2.34. The minimum Gasteiger partial charge on any atom is -0.299 e. The molecule has 0 bridgehead atoms. The highest BCUT2D eigenvalue weighted by atomic mass is 16.2. The highest BCUT2D eigenvalue weighted by molar-refractivity contribution is 5.15. The van der Waals surface area contributed by atoms with Gasteiger partial charge in [-0.3, -0.25) is 18.9 Å². The first-order valence-corrected chi connectivity index (χ1v) is 6.73. The maximum atomic E-state index is 12.3. The van der Waals surface area contributed by atoms with Crippen LogP contribution >= 0.6 is 0 Å². The summed E-state index contributed by atoms with van der Waals surface area (Å²) in [6, 6.07) is 11.0. The van der Waals surface area contributed by atoms with Crippen LogP contribution < -0.4 is 16.7 Å². The lowest BCUT2D eigenvalue weighted by molar-refractivity contribution is 0.281. The van der Waals surface area contributed by atoms with Crippen LogP contribution in [-0.4, -0.2) is 28.2 Å². The molecule has 0 amide bonds. The molecular weight excluding hydrogens is 268 g/mol. The lowest BCUT2D eigenvalue weighted by Gasteiger charge is -2.15. The van der Waals surface area contributed by atoms with Crippen molar-refractivity contribution < 1.29 is 0 Å². The lowest BCUT2D eigenvalue weighted by Crippen LogP contribution is -2.42. The zero-order chi connectivity index (χ0) is 15.4. The van der Waals surface area contributed by atoms with E-state index >= 15 is 0 Å². The summed E-state index contributed by atoms with van der Waals surface area (Å²) in [7, 11) is 5.39. The van der Waals surface area contributed by atoms with Gasteiger partial charge in [-0.2, -0.15) is 0 Å². The van der Waals surface area contributed by atoms with Crippen LogP contribution in [-0.2, 0) is 20.1 Å². The second kappa shape index (κ2) is 6.51. The van der Waals surface area contributed by atoms with Crippen LogP contribution in [0.2, 0.25) is 0 Å². The molecule has 0 aliphatic heterocycles. The van der Waals surface area contributed by atoms with Crippen molar-refractivity contribution in [2.45, 2.75) is 13.1 Å². The molecule has 0 fully saturated rings. The van der Waals surface area contributed by atoms with E-state index in [1.807, 2.05) is 44.4 Å². The summed E-state index contributed by atoms with van der Waals surface area (Å²) in [5, 5.41) is 1.78. The molecule has 1 aromatic carbocycles. The van der Waals surface area contributed by atoms with Gasteiger partial charge in [-0.15, -0.1) is 0 Å². The first-order valence-electron chi connectivity index (χ1n) is 6.73. The van der Waals surface area contributed by atoms with Gasteiger partial charge in [-0.1, -0.05) is 30.3 Å². The smallest absolute Gasteiger partial charge is 0.299 e. The maximum absolute atomic E-state index is 12.3. The standard InChI is InChI=1S/C15H20N4O2/c1-17(2)16-10-13-9-14(20)19(15(21)18(13)3)11-12-7-5-4-6-8-12/h4-9,16H,10-11H2,1-3H3. The Hall–Kier alpha value is -2.18. The molecule has 1 heterocycles. The SMILES string of the molecule is CN(C)NCc1cc(=O)n(Cc2ccccc2)c(=O)n1C. The van der Waals surface area contributed by atoms with Crippen molar-refractivity contribution in [3.8, 4) is 0 Å². The topological polar surface area (TPSA) is 59.3 Å². The number of benzene rings is 1. The molecule has 6 nitrogen and oxygen atoms in total. The summed E-state index contributed by atoms with van der Waals surface area (Å²) in [4.78, 5) is 24.5. The summed E-state index contributed by atoms with van der Waals surface area (Å²) < 4.78 is 2.75. The van der Waals surface area contributed by atoms with Crippen molar-refractivity contribution in [1.82, 2.24) is 19.6 Å². The monoisotopic (exact) mass is 288 g/mol. The predicted octanol–water partition coefficient (Wildman–Crippen LogP) is 0.162. The molecule has 6 heteroatoms. The summed E-state index contributed by atoms with van der Waals surface area (Å²) >= 11 is 0.